The molecule has 0 aliphatic heterocycles. The van der Waals surface area contributed by atoms with E-state index in [9.17, 15) is 18.7 Å². The van der Waals surface area contributed by atoms with Crippen LogP contribution in [0.3, 0.4) is 0 Å². The highest BCUT2D eigenvalue weighted by Gasteiger charge is 2.52. The van der Waals surface area contributed by atoms with Crippen LogP contribution in [0, 0.1) is 0 Å². The first-order chi connectivity index (χ1) is 8.69. The minimum atomic E-state index is -4.02. The van der Waals surface area contributed by atoms with Crippen LogP contribution in [0.5, 0.6) is 0 Å². The minimum absolute atomic E-state index is 0.0685. The molecule has 0 saturated carbocycles. The van der Waals surface area contributed by atoms with Gasteiger partial charge in [0.15, 0.2) is 6.10 Å². The highest BCUT2D eigenvalue weighted by molar-refractivity contribution is 5.23. The molecule has 9 heteroatoms. The summed E-state index contributed by atoms with van der Waals surface area (Å²) in [6, 6.07) is -3.03. The standard InChI is InChI=1S/C10H15F2N3O4/c1-9(5-16,19-2)7(17)10(11,12)15-4-3-6(13)14-8(15)18/h3-4,7,16-17H,5H2,1-2H3,(H2,13,14,18)/t7-,9-/m1/s1. The fraction of sp³-hybridized carbons (Fsp3) is 0.600. The minimum Gasteiger partial charge on any atom is -0.393 e. The van der Waals surface area contributed by atoms with Crippen molar-refractivity contribution in [3.63, 3.8) is 0 Å². The summed E-state index contributed by atoms with van der Waals surface area (Å²) in [5, 5.41) is 18.7. The van der Waals surface area contributed by atoms with Gasteiger partial charge in [-0.3, -0.25) is 0 Å². The van der Waals surface area contributed by atoms with Crippen LogP contribution in [0.2, 0.25) is 0 Å². The molecular formula is C10H15F2N3O4. The van der Waals surface area contributed by atoms with Gasteiger partial charge in [-0.2, -0.15) is 13.8 Å². The van der Waals surface area contributed by atoms with Gasteiger partial charge in [0.05, 0.1) is 6.61 Å². The molecular weight excluding hydrogens is 264 g/mol. The SMILES string of the molecule is CO[C@](C)(CO)[C@@H](O)C(F)(F)n1ccc(N)nc1=O. The molecule has 0 aromatic carbocycles. The quantitative estimate of drug-likeness (QED) is 0.646. The molecule has 1 aromatic heterocycles. The highest BCUT2D eigenvalue weighted by atomic mass is 19.3. The number of nitrogen functional groups attached to an aromatic ring is 1. The van der Waals surface area contributed by atoms with Gasteiger partial charge in [0.1, 0.15) is 11.4 Å². The maximum atomic E-state index is 14.1. The summed E-state index contributed by atoms with van der Waals surface area (Å²) in [5.41, 5.74) is 1.93. The van der Waals surface area contributed by atoms with E-state index in [2.05, 4.69) is 9.72 Å². The van der Waals surface area contributed by atoms with Crippen LogP contribution in [0.4, 0.5) is 14.6 Å². The molecule has 0 radical (unpaired) electrons. The summed E-state index contributed by atoms with van der Waals surface area (Å²) in [4.78, 5) is 14.5. The number of methoxy groups -OCH3 is 1. The van der Waals surface area contributed by atoms with Gasteiger partial charge in [-0.25, -0.2) is 9.36 Å². The summed E-state index contributed by atoms with van der Waals surface area (Å²) in [6.45, 7) is 0.221. The molecule has 4 N–H and O–H groups in total. The highest BCUT2D eigenvalue weighted by Crippen LogP contribution is 2.32. The summed E-state index contributed by atoms with van der Waals surface area (Å²) in [7, 11) is 1.06. The maximum Gasteiger partial charge on any atom is 0.361 e. The van der Waals surface area contributed by atoms with Crippen LogP contribution in [-0.4, -0.2) is 45.2 Å². The predicted octanol–water partition coefficient (Wildman–Crippen LogP) is -0.867. The molecule has 1 rings (SSSR count). The second-order valence-electron chi connectivity index (χ2n) is 4.17. The number of aliphatic hydroxyl groups is 2. The number of aliphatic hydroxyl groups excluding tert-OH is 2. The molecule has 19 heavy (non-hydrogen) atoms. The van der Waals surface area contributed by atoms with Crippen LogP contribution in [0.1, 0.15) is 6.92 Å². The van der Waals surface area contributed by atoms with E-state index in [1.807, 2.05) is 0 Å². The number of nitrogens with two attached hydrogens (primary N) is 1. The summed E-state index contributed by atoms with van der Waals surface area (Å²) >= 11 is 0. The molecule has 108 valence electrons. The van der Waals surface area contributed by atoms with Crippen molar-refractivity contribution < 1.29 is 23.7 Å². The second-order valence-corrected chi connectivity index (χ2v) is 4.17. The number of anilines is 1. The van der Waals surface area contributed by atoms with E-state index in [4.69, 9.17) is 10.8 Å². The third-order valence-electron chi connectivity index (χ3n) is 2.83. The smallest absolute Gasteiger partial charge is 0.361 e. The van der Waals surface area contributed by atoms with E-state index < -0.39 is 30.0 Å². The van der Waals surface area contributed by atoms with Crippen LogP contribution in [0.25, 0.3) is 0 Å². The van der Waals surface area contributed by atoms with Gasteiger partial charge in [-0.15, -0.1) is 0 Å². The van der Waals surface area contributed by atoms with Crippen LogP contribution < -0.4 is 11.4 Å². The number of alkyl halides is 2. The Hall–Kier alpha value is -1.58. The fourth-order valence-corrected chi connectivity index (χ4v) is 1.40. The van der Waals surface area contributed by atoms with Gasteiger partial charge >= 0.3 is 11.7 Å². The lowest BCUT2D eigenvalue weighted by Gasteiger charge is -2.36. The van der Waals surface area contributed by atoms with Crippen molar-refractivity contribution in [2.75, 3.05) is 19.5 Å². The van der Waals surface area contributed by atoms with Crippen molar-refractivity contribution in [2.24, 2.45) is 0 Å². The van der Waals surface area contributed by atoms with Crippen molar-refractivity contribution in [2.45, 2.75) is 24.7 Å². The lowest BCUT2D eigenvalue weighted by molar-refractivity contribution is -0.248. The Bertz CT molecular complexity index is 502. The predicted molar refractivity (Wildman–Crippen MR) is 61.6 cm³/mol. The zero-order chi connectivity index (χ0) is 14.8. The molecule has 0 unspecified atom stereocenters. The summed E-state index contributed by atoms with van der Waals surface area (Å²) < 4.78 is 32.7. The molecule has 0 aliphatic carbocycles. The molecule has 0 fully saturated rings. The maximum absolute atomic E-state index is 14.1. The van der Waals surface area contributed by atoms with E-state index in [-0.39, 0.29) is 10.4 Å². The number of hydrogen-bond acceptors (Lipinski definition) is 6. The number of halogens is 2. The third kappa shape index (κ3) is 2.72. The Labute approximate surface area is 107 Å². The van der Waals surface area contributed by atoms with Gasteiger partial charge in [-0.05, 0) is 13.0 Å². The van der Waals surface area contributed by atoms with E-state index in [1.54, 1.807) is 0 Å². The first-order valence-corrected chi connectivity index (χ1v) is 5.26. The van der Waals surface area contributed by atoms with Crippen LogP contribution in [0.15, 0.2) is 17.1 Å². The average Bonchev–Trinajstić information content (AvgIpc) is 2.36. The van der Waals surface area contributed by atoms with E-state index in [0.29, 0.717) is 6.20 Å². The largest absolute Gasteiger partial charge is 0.393 e. The molecule has 7 nitrogen and oxygen atoms in total. The monoisotopic (exact) mass is 279 g/mol. The molecule has 0 spiro atoms. The number of rotatable bonds is 5. The van der Waals surface area contributed by atoms with Crippen molar-refractivity contribution >= 4 is 5.82 Å². The molecule has 0 aliphatic rings. The number of ether oxygens (including phenoxy) is 1. The molecule has 0 amide bonds. The number of hydrogen-bond donors (Lipinski definition) is 3. The van der Waals surface area contributed by atoms with Gasteiger partial charge < -0.3 is 20.7 Å². The summed E-state index contributed by atoms with van der Waals surface area (Å²) in [6.07, 6.45) is -1.75. The summed E-state index contributed by atoms with van der Waals surface area (Å²) in [5.74, 6) is -0.219. The van der Waals surface area contributed by atoms with Crippen LogP contribution >= 0.6 is 0 Å². The lowest BCUT2D eigenvalue weighted by atomic mass is 9.98. The molecule has 1 aromatic rings. The first kappa shape index (κ1) is 15.5. The van der Waals surface area contributed by atoms with Crippen molar-refractivity contribution in [1.29, 1.82) is 0 Å². The average molecular weight is 279 g/mol. The zero-order valence-corrected chi connectivity index (χ0v) is 10.4. The Balaban J connectivity index is 3.26. The number of aromatic nitrogens is 2. The van der Waals surface area contributed by atoms with Gasteiger partial charge in [0.2, 0.25) is 0 Å². The zero-order valence-electron chi connectivity index (χ0n) is 10.4. The topological polar surface area (TPSA) is 111 Å². The third-order valence-corrected chi connectivity index (χ3v) is 2.83. The Kier molecular flexibility index (Phi) is 4.23. The van der Waals surface area contributed by atoms with Gasteiger partial charge in [0.25, 0.3) is 0 Å². The van der Waals surface area contributed by atoms with Gasteiger partial charge in [0, 0.05) is 13.3 Å². The second kappa shape index (κ2) is 5.19. The Morgan fingerprint density at radius 2 is 2.21 bits per heavy atom. The normalized spacial score (nSPS) is 16.9. The fourth-order valence-electron chi connectivity index (χ4n) is 1.40. The van der Waals surface area contributed by atoms with E-state index in [0.717, 1.165) is 20.1 Å². The van der Waals surface area contributed by atoms with Crippen molar-refractivity contribution in [3.05, 3.63) is 22.7 Å². The molecule has 0 bridgehead atoms. The van der Waals surface area contributed by atoms with Gasteiger partial charge in [-0.1, -0.05) is 0 Å². The molecule has 1 heterocycles. The number of nitrogens with zero attached hydrogens (tertiary/aromatic N) is 2. The molecule has 2 atom stereocenters. The lowest BCUT2D eigenvalue weighted by Crippen LogP contribution is -2.57. The van der Waals surface area contributed by atoms with E-state index >= 15 is 0 Å². The first-order valence-electron chi connectivity index (χ1n) is 5.26. The Morgan fingerprint density at radius 1 is 1.63 bits per heavy atom. The molecule has 0 saturated heterocycles. The van der Waals surface area contributed by atoms with Crippen LogP contribution in [-0.2, 0) is 10.8 Å². The Morgan fingerprint density at radius 3 is 2.63 bits per heavy atom. The van der Waals surface area contributed by atoms with E-state index in [1.165, 1.54) is 0 Å². The van der Waals surface area contributed by atoms with Crippen molar-refractivity contribution in [3.8, 4) is 0 Å². The van der Waals surface area contributed by atoms with Crippen molar-refractivity contribution in [1.82, 2.24) is 9.55 Å².